The number of nitrogens with one attached hydrogen (secondary N) is 1. The first-order valence-electron chi connectivity index (χ1n) is 12.4. The van der Waals surface area contributed by atoms with Crippen molar-refractivity contribution in [3.05, 3.63) is 105 Å². The zero-order valence-electron chi connectivity index (χ0n) is 21.1. The van der Waals surface area contributed by atoms with E-state index in [-0.39, 0.29) is 24.3 Å². The number of carbonyl (C=O) groups is 2. The fourth-order valence-electron chi connectivity index (χ4n) is 4.42. The molecule has 37 heavy (non-hydrogen) atoms. The van der Waals surface area contributed by atoms with Crippen LogP contribution in [-0.2, 0) is 17.8 Å². The van der Waals surface area contributed by atoms with Crippen LogP contribution in [0, 0.1) is 5.92 Å². The molecule has 0 saturated carbocycles. The third-order valence-electron chi connectivity index (χ3n) is 6.24. The molecular weight excluding hydrogens is 550 g/mol. The summed E-state index contributed by atoms with van der Waals surface area (Å²) in [5.41, 5.74) is 3.79. The lowest BCUT2D eigenvalue weighted by molar-refractivity contribution is -0.132. The fourth-order valence-corrected chi connectivity index (χ4v) is 4.95. The van der Waals surface area contributed by atoms with Crippen LogP contribution in [0.3, 0.4) is 0 Å². The maximum Gasteiger partial charge on any atom is 0.254 e. The fraction of sp³-hybridized carbons (Fsp3) is 0.267. The second-order valence-electron chi connectivity index (χ2n) is 9.64. The lowest BCUT2D eigenvalue weighted by atomic mass is 10.1. The maximum absolute atomic E-state index is 13.7. The SMILES string of the molecule is CC(C)CN(CC(=O)N(CCc1c[nH]c2ccccc12)Cc1ccc(Cl)cc1)C(=O)c1cccc(Br)c1. The highest BCUT2D eigenvalue weighted by Gasteiger charge is 2.24. The lowest BCUT2D eigenvalue weighted by Gasteiger charge is -2.29. The minimum Gasteiger partial charge on any atom is -0.361 e. The van der Waals surface area contributed by atoms with Gasteiger partial charge in [-0.05, 0) is 59.9 Å². The van der Waals surface area contributed by atoms with Crippen LogP contribution in [0.1, 0.15) is 35.3 Å². The number of rotatable bonds is 10. The number of hydrogen-bond acceptors (Lipinski definition) is 2. The predicted octanol–water partition coefficient (Wildman–Crippen LogP) is 6.95. The van der Waals surface area contributed by atoms with E-state index in [2.05, 4.69) is 27.0 Å². The number of nitrogens with zero attached hydrogens (tertiary/aromatic N) is 2. The zero-order valence-corrected chi connectivity index (χ0v) is 23.4. The summed E-state index contributed by atoms with van der Waals surface area (Å²) >= 11 is 9.53. The van der Waals surface area contributed by atoms with Gasteiger partial charge in [0.1, 0.15) is 6.54 Å². The van der Waals surface area contributed by atoms with Crippen molar-refractivity contribution in [2.75, 3.05) is 19.6 Å². The molecule has 1 aromatic heterocycles. The summed E-state index contributed by atoms with van der Waals surface area (Å²) in [6.45, 7) is 5.59. The molecule has 0 aliphatic carbocycles. The first kappa shape index (κ1) is 27.0. The van der Waals surface area contributed by atoms with Gasteiger partial charge < -0.3 is 14.8 Å². The van der Waals surface area contributed by atoms with E-state index in [1.165, 1.54) is 0 Å². The molecule has 2 amide bonds. The Bertz CT molecular complexity index is 1370. The van der Waals surface area contributed by atoms with Crippen LogP contribution >= 0.6 is 27.5 Å². The van der Waals surface area contributed by atoms with Crippen molar-refractivity contribution in [3.63, 3.8) is 0 Å². The molecule has 0 spiro atoms. The molecule has 0 aliphatic heterocycles. The molecule has 4 aromatic rings. The molecule has 0 unspecified atom stereocenters. The first-order chi connectivity index (χ1) is 17.8. The van der Waals surface area contributed by atoms with Crippen molar-refractivity contribution in [1.82, 2.24) is 14.8 Å². The van der Waals surface area contributed by atoms with Crippen molar-refractivity contribution >= 4 is 50.2 Å². The van der Waals surface area contributed by atoms with E-state index in [0.29, 0.717) is 36.6 Å². The van der Waals surface area contributed by atoms with E-state index in [4.69, 9.17) is 11.6 Å². The first-order valence-corrected chi connectivity index (χ1v) is 13.6. The number of H-pyrrole nitrogens is 1. The van der Waals surface area contributed by atoms with E-state index >= 15 is 0 Å². The Morgan fingerprint density at radius 2 is 1.73 bits per heavy atom. The standard InChI is InChI=1S/C30H31BrClN3O2/c1-21(2)18-35(30(37)23-6-5-7-25(31)16-23)20-29(36)34(19-22-10-12-26(32)13-11-22)15-14-24-17-33-28-9-4-3-8-27(24)28/h3-13,16-17,21,33H,14-15,18-20H2,1-2H3. The Hall–Kier alpha value is -3.09. The molecule has 0 atom stereocenters. The highest BCUT2D eigenvalue weighted by atomic mass is 79.9. The van der Waals surface area contributed by atoms with Gasteiger partial charge >= 0.3 is 0 Å². The normalized spacial score (nSPS) is 11.2. The van der Waals surface area contributed by atoms with Gasteiger partial charge in [0.15, 0.2) is 0 Å². The maximum atomic E-state index is 13.7. The number of hydrogen-bond donors (Lipinski definition) is 1. The molecule has 0 saturated heterocycles. The van der Waals surface area contributed by atoms with Gasteiger partial charge in [-0.25, -0.2) is 0 Å². The van der Waals surface area contributed by atoms with E-state index < -0.39 is 0 Å². The summed E-state index contributed by atoms with van der Waals surface area (Å²) < 4.78 is 0.831. The second-order valence-corrected chi connectivity index (χ2v) is 11.0. The van der Waals surface area contributed by atoms with Gasteiger partial charge in [0.2, 0.25) is 5.91 Å². The smallest absolute Gasteiger partial charge is 0.254 e. The summed E-state index contributed by atoms with van der Waals surface area (Å²) in [4.78, 5) is 33.9. The van der Waals surface area contributed by atoms with Gasteiger partial charge in [0.25, 0.3) is 5.91 Å². The van der Waals surface area contributed by atoms with Crippen molar-refractivity contribution in [1.29, 1.82) is 0 Å². The van der Waals surface area contributed by atoms with Gasteiger partial charge in [-0.2, -0.15) is 0 Å². The van der Waals surface area contributed by atoms with Crippen molar-refractivity contribution < 1.29 is 9.59 Å². The van der Waals surface area contributed by atoms with E-state index in [0.717, 1.165) is 26.5 Å². The van der Waals surface area contributed by atoms with Gasteiger partial charge in [-0.3, -0.25) is 9.59 Å². The van der Waals surface area contributed by atoms with Gasteiger partial charge in [-0.1, -0.05) is 77.8 Å². The number of para-hydroxylation sites is 1. The lowest BCUT2D eigenvalue weighted by Crippen LogP contribution is -2.44. The molecule has 7 heteroatoms. The Kier molecular flexibility index (Phi) is 9.06. The molecule has 5 nitrogen and oxygen atoms in total. The number of benzene rings is 3. The molecule has 1 N–H and O–H groups in total. The van der Waals surface area contributed by atoms with Crippen molar-refractivity contribution in [2.45, 2.75) is 26.8 Å². The Morgan fingerprint density at radius 1 is 0.973 bits per heavy atom. The molecule has 0 fully saturated rings. The van der Waals surface area contributed by atoms with Crippen LogP contribution in [0.15, 0.2) is 83.5 Å². The van der Waals surface area contributed by atoms with Crippen LogP contribution in [0.5, 0.6) is 0 Å². The van der Waals surface area contributed by atoms with Crippen LogP contribution in [0.2, 0.25) is 5.02 Å². The average Bonchev–Trinajstić information content (AvgIpc) is 3.29. The van der Waals surface area contributed by atoms with E-state index in [1.807, 2.05) is 79.5 Å². The second kappa shape index (κ2) is 12.4. The molecular formula is C30H31BrClN3O2. The van der Waals surface area contributed by atoms with Crippen LogP contribution in [-0.4, -0.2) is 46.2 Å². The highest BCUT2D eigenvalue weighted by Crippen LogP contribution is 2.20. The summed E-state index contributed by atoms with van der Waals surface area (Å²) in [5, 5.41) is 1.82. The summed E-state index contributed by atoms with van der Waals surface area (Å²) in [6, 6.07) is 23.0. The van der Waals surface area contributed by atoms with E-state index in [9.17, 15) is 9.59 Å². The predicted molar refractivity (Wildman–Crippen MR) is 154 cm³/mol. The topological polar surface area (TPSA) is 56.4 Å². The number of amides is 2. The summed E-state index contributed by atoms with van der Waals surface area (Å²) in [7, 11) is 0. The van der Waals surface area contributed by atoms with Crippen molar-refractivity contribution in [3.8, 4) is 0 Å². The Labute approximate surface area is 231 Å². The summed E-state index contributed by atoms with van der Waals surface area (Å²) in [5.74, 6) is -0.00921. The van der Waals surface area contributed by atoms with Crippen LogP contribution < -0.4 is 0 Å². The number of carbonyl (C=O) groups excluding carboxylic acids is 2. The van der Waals surface area contributed by atoms with Gasteiger partial charge in [-0.15, -0.1) is 0 Å². The number of aromatic amines is 1. The molecule has 1 heterocycles. The Morgan fingerprint density at radius 3 is 2.46 bits per heavy atom. The van der Waals surface area contributed by atoms with Gasteiger partial charge in [0, 0.05) is 51.8 Å². The van der Waals surface area contributed by atoms with Crippen LogP contribution in [0.4, 0.5) is 0 Å². The van der Waals surface area contributed by atoms with Crippen LogP contribution in [0.25, 0.3) is 10.9 Å². The Balaban J connectivity index is 1.55. The zero-order chi connectivity index (χ0) is 26.4. The summed E-state index contributed by atoms with van der Waals surface area (Å²) in [6.07, 6.45) is 2.71. The molecule has 0 radical (unpaired) electrons. The van der Waals surface area contributed by atoms with Gasteiger partial charge in [0.05, 0.1) is 0 Å². The molecule has 3 aromatic carbocycles. The third kappa shape index (κ3) is 7.24. The van der Waals surface area contributed by atoms with Crippen molar-refractivity contribution in [2.24, 2.45) is 5.92 Å². The quantitative estimate of drug-likeness (QED) is 0.221. The third-order valence-corrected chi connectivity index (χ3v) is 6.98. The number of aromatic nitrogens is 1. The molecule has 4 rings (SSSR count). The highest BCUT2D eigenvalue weighted by molar-refractivity contribution is 9.10. The molecule has 0 bridgehead atoms. The largest absolute Gasteiger partial charge is 0.361 e. The minimum absolute atomic E-state index is 0.0189. The number of halogens is 2. The average molecular weight is 581 g/mol. The minimum atomic E-state index is -0.147. The monoisotopic (exact) mass is 579 g/mol. The number of fused-ring (bicyclic) bond motifs is 1. The molecule has 0 aliphatic rings. The molecule has 192 valence electrons. The van der Waals surface area contributed by atoms with E-state index in [1.54, 1.807) is 17.0 Å².